The molecule has 1 aliphatic heterocycles. The van der Waals surface area contributed by atoms with E-state index in [1.54, 1.807) is 0 Å². The molecular formula is C14H16F3N3O4. The molecule has 132 valence electrons. The molecule has 0 amide bonds. The van der Waals surface area contributed by atoms with Crippen LogP contribution in [0, 0.1) is 32.1 Å². The molecule has 1 heterocycles. The maximum atomic E-state index is 12.9. The average Bonchev–Trinajstić information content (AvgIpc) is 2.43. The number of hydrogen-bond acceptors (Lipinski definition) is 5. The normalized spacial score (nSPS) is 21.6. The highest BCUT2D eigenvalue weighted by molar-refractivity contribution is 5.76. The maximum Gasteiger partial charge on any atom is 0.416 e. The van der Waals surface area contributed by atoms with Gasteiger partial charge in [-0.25, -0.2) is 0 Å². The van der Waals surface area contributed by atoms with Crippen molar-refractivity contribution in [2.45, 2.75) is 26.4 Å². The number of piperidine rings is 1. The van der Waals surface area contributed by atoms with Crippen LogP contribution in [-0.2, 0) is 6.18 Å². The summed E-state index contributed by atoms with van der Waals surface area (Å²) in [5.41, 5.74) is -3.53. The average molecular weight is 347 g/mol. The summed E-state index contributed by atoms with van der Waals surface area (Å²) in [6.07, 6.45) is -4.06. The van der Waals surface area contributed by atoms with Crippen molar-refractivity contribution >= 4 is 17.1 Å². The maximum absolute atomic E-state index is 12.9. The molecular weight excluding hydrogens is 331 g/mol. The van der Waals surface area contributed by atoms with Gasteiger partial charge in [-0.3, -0.25) is 20.2 Å². The molecule has 2 atom stereocenters. The first-order chi connectivity index (χ1) is 11.0. The molecule has 10 heteroatoms. The van der Waals surface area contributed by atoms with Crippen molar-refractivity contribution in [2.24, 2.45) is 11.8 Å². The Morgan fingerprint density at radius 3 is 1.79 bits per heavy atom. The highest BCUT2D eigenvalue weighted by Crippen LogP contribution is 2.44. The molecule has 0 N–H and O–H groups in total. The van der Waals surface area contributed by atoms with Gasteiger partial charge in [0, 0.05) is 25.2 Å². The van der Waals surface area contributed by atoms with Gasteiger partial charge in [-0.05, 0) is 18.3 Å². The number of nitrogens with zero attached hydrogens (tertiary/aromatic N) is 3. The summed E-state index contributed by atoms with van der Waals surface area (Å²) >= 11 is 0. The Bertz CT molecular complexity index is 633. The number of halogens is 3. The minimum Gasteiger partial charge on any atom is -0.360 e. The lowest BCUT2D eigenvalue weighted by Gasteiger charge is -2.35. The number of nitro benzene ring substituents is 2. The number of nitro groups is 2. The molecule has 0 saturated carbocycles. The van der Waals surface area contributed by atoms with Gasteiger partial charge >= 0.3 is 6.18 Å². The molecule has 0 spiro atoms. The topological polar surface area (TPSA) is 89.5 Å². The molecule has 0 bridgehead atoms. The predicted octanol–water partition coefficient (Wildman–Crippen LogP) is 4.00. The van der Waals surface area contributed by atoms with Gasteiger partial charge in [0.15, 0.2) is 5.69 Å². The molecule has 1 aliphatic rings. The number of rotatable bonds is 3. The largest absolute Gasteiger partial charge is 0.416 e. The van der Waals surface area contributed by atoms with E-state index in [1.807, 2.05) is 13.8 Å². The second-order valence-electron chi connectivity index (χ2n) is 6.23. The summed E-state index contributed by atoms with van der Waals surface area (Å²) in [5.74, 6) is 0.241. The van der Waals surface area contributed by atoms with E-state index in [0.717, 1.165) is 6.42 Å². The van der Waals surface area contributed by atoms with Crippen LogP contribution < -0.4 is 4.90 Å². The standard InChI is InChI=1S/C14H16F3N3O4/c1-8-3-9(2)7-18(6-8)13-11(19(21)22)4-10(14(15,16)17)5-12(13)20(23)24/h4-5,8-9H,3,6-7H2,1-2H3/t8-,9-/m1/s1. The number of alkyl halides is 3. The smallest absolute Gasteiger partial charge is 0.360 e. The van der Waals surface area contributed by atoms with Crippen molar-refractivity contribution in [3.8, 4) is 0 Å². The fourth-order valence-corrected chi connectivity index (χ4v) is 3.22. The molecule has 2 rings (SSSR count). The Kier molecular flexibility index (Phi) is 4.68. The summed E-state index contributed by atoms with van der Waals surface area (Å²) in [4.78, 5) is 22.0. The van der Waals surface area contributed by atoms with Crippen LogP contribution in [0.5, 0.6) is 0 Å². The lowest BCUT2D eigenvalue weighted by atomic mass is 9.91. The summed E-state index contributed by atoms with van der Waals surface area (Å²) in [6, 6.07) is 0.735. The summed E-state index contributed by atoms with van der Waals surface area (Å²) in [6.45, 7) is 4.42. The fourth-order valence-electron chi connectivity index (χ4n) is 3.22. The van der Waals surface area contributed by atoms with E-state index in [0.29, 0.717) is 25.2 Å². The molecule has 0 aliphatic carbocycles. The molecule has 0 aromatic heterocycles. The molecule has 24 heavy (non-hydrogen) atoms. The van der Waals surface area contributed by atoms with Gasteiger partial charge in [0.1, 0.15) is 0 Å². The quantitative estimate of drug-likeness (QED) is 0.609. The molecule has 1 aromatic carbocycles. The van der Waals surface area contributed by atoms with Crippen LogP contribution >= 0.6 is 0 Å². The van der Waals surface area contributed by atoms with Crippen molar-refractivity contribution in [2.75, 3.05) is 18.0 Å². The van der Waals surface area contributed by atoms with Crippen molar-refractivity contribution in [3.63, 3.8) is 0 Å². The van der Waals surface area contributed by atoms with Crippen LogP contribution in [0.15, 0.2) is 12.1 Å². The zero-order valence-electron chi connectivity index (χ0n) is 13.0. The SMILES string of the molecule is C[C@@H]1C[C@@H](C)CN(c2c([N+](=O)[O-])cc(C(F)(F)F)cc2[N+](=O)[O-])C1. The number of benzene rings is 1. The second kappa shape index (κ2) is 6.25. The highest BCUT2D eigenvalue weighted by atomic mass is 19.4. The van der Waals surface area contributed by atoms with Gasteiger partial charge in [-0.2, -0.15) is 13.2 Å². The Morgan fingerprint density at radius 1 is 1.04 bits per heavy atom. The zero-order valence-corrected chi connectivity index (χ0v) is 13.0. The van der Waals surface area contributed by atoms with E-state index < -0.39 is 33.0 Å². The van der Waals surface area contributed by atoms with Crippen LogP contribution in [0.2, 0.25) is 0 Å². The van der Waals surface area contributed by atoms with Gasteiger partial charge in [0.25, 0.3) is 11.4 Å². The Hall–Kier alpha value is -2.39. The number of hydrogen-bond donors (Lipinski definition) is 0. The molecule has 7 nitrogen and oxygen atoms in total. The van der Waals surface area contributed by atoms with Gasteiger partial charge < -0.3 is 4.90 Å². The van der Waals surface area contributed by atoms with Gasteiger partial charge in [0.05, 0.1) is 15.4 Å². The van der Waals surface area contributed by atoms with Gasteiger partial charge in [-0.1, -0.05) is 13.8 Å². The third kappa shape index (κ3) is 3.57. The summed E-state index contributed by atoms with van der Waals surface area (Å²) < 4.78 is 38.7. The van der Waals surface area contributed by atoms with Crippen LogP contribution in [0.3, 0.4) is 0 Å². The van der Waals surface area contributed by atoms with E-state index in [4.69, 9.17) is 0 Å². The third-order valence-corrected chi connectivity index (χ3v) is 3.98. The predicted molar refractivity (Wildman–Crippen MR) is 79.9 cm³/mol. The van der Waals surface area contributed by atoms with Crippen LogP contribution in [0.1, 0.15) is 25.8 Å². The molecule has 1 aromatic rings. The first kappa shape index (κ1) is 18.0. The lowest BCUT2D eigenvalue weighted by molar-refractivity contribution is -0.393. The van der Waals surface area contributed by atoms with E-state index in [-0.39, 0.29) is 17.5 Å². The van der Waals surface area contributed by atoms with Gasteiger partial charge in [-0.15, -0.1) is 0 Å². The van der Waals surface area contributed by atoms with E-state index in [9.17, 15) is 33.4 Å². The second-order valence-corrected chi connectivity index (χ2v) is 6.23. The highest BCUT2D eigenvalue weighted by Gasteiger charge is 2.40. The van der Waals surface area contributed by atoms with E-state index >= 15 is 0 Å². The summed E-state index contributed by atoms with van der Waals surface area (Å²) in [5, 5.41) is 22.5. The number of anilines is 1. The first-order valence-corrected chi connectivity index (χ1v) is 7.29. The van der Waals surface area contributed by atoms with Crippen LogP contribution in [-0.4, -0.2) is 22.9 Å². The fraction of sp³-hybridized carbons (Fsp3) is 0.571. The minimum absolute atomic E-state index is 0.121. The van der Waals surface area contributed by atoms with Crippen molar-refractivity contribution in [1.29, 1.82) is 0 Å². The Balaban J connectivity index is 2.68. The van der Waals surface area contributed by atoms with Gasteiger partial charge in [0.2, 0.25) is 0 Å². The third-order valence-electron chi connectivity index (χ3n) is 3.98. The molecule has 1 saturated heterocycles. The van der Waals surface area contributed by atoms with E-state index in [1.165, 1.54) is 4.90 Å². The Morgan fingerprint density at radius 2 is 1.46 bits per heavy atom. The molecule has 0 unspecified atom stereocenters. The zero-order chi connectivity index (χ0) is 18.2. The van der Waals surface area contributed by atoms with Crippen molar-refractivity contribution in [1.82, 2.24) is 0 Å². The summed E-state index contributed by atoms with van der Waals surface area (Å²) in [7, 11) is 0. The minimum atomic E-state index is -4.91. The first-order valence-electron chi connectivity index (χ1n) is 7.29. The monoisotopic (exact) mass is 347 g/mol. The van der Waals surface area contributed by atoms with Crippen molar-refractivity contribution in [3.05, 3.63) is 37.9 Å². The van der Waals surface area contributed by atoms with Crippen LogP contribution in [0.25, 0.3) is 0 Å². The Labute approximate surface area is 135 Å². The molecule has 0 radical (unpaired) electrons. The van der Waals surface area contributed by atoms with Crippen LogP contribution in [0.4, 0.5) is 30.2 Å². The van der Waals surface area contributed by atoms with Crippen molar-refractivity contribution < 1.29 is 23.0 Å². The lowest BCUT2D eigenvalue weighted by Crippen LogP contribution is -2.39. The molecule has 1 fully saturated rings. The van der Waals surface area contributed by atoms with E-state index in [2.05, 4.69) is 0 Å².